The number of aromatic carboxylic acids is 1. The zero-order valence-corrected chi connectivity index (χ0v) is 13.4. The molecule has 0 saturated heterocycles. The molecule has 1 atom stereocenters. The number of aryl methyl sites for hydroxylation is 1. The SMILES string of the molecule is Cc1ccc(C(c2ccccc2)n2c(C(=O)O)c[nH]c2=S)cc1. The standard InChI is InChI=1S/C18H16N2O2S/c1-12-7-9-14(10-8-12)16(13-5-3-2-4-6-13)20-15(17(21)22)11-19-18(20)23/h2-11,16H,1H3,(H,19,23)(H,21,22). The first-order valence-corrected chi connectivity index (χ1v) is 7.63. The van der Waals surface area contributed by atoms with Crippen LogP contribution in [-0.4, -0.2) is 20.6 Å². The van der Waals surface area contributed by atoms with Crippen molar-refractivity contribution >= 4 is 18.2 Å². The summed E-state index contributed by atoms with van der Waals surface area (Å²) in [5, 5.41) is 9.48. The van der Waals surface area contributed by atoms with Gasteiger partial charge in [-0.3, -0.25) is 4.57 Å². The number of carboxylic acids is 1. The van der Waals surface area contributed by atoms with Crippen molar-refractivity contribution in [3.63, 3.8) is 0 Å². The van der Waals surface area contributed by atoms with Gasteiger partial charge in [0.1, 0.15) is 5.69 Å². The lowest BCUT2D eigenvalue weighted by molar-refractivity contribution is 0.0684. The molecule has 3 aromatic rings. The van der Waals surface area contributed by atoms with Crippen LogP contribution in [0.5, 0.6) is 0 Å². The van der Waals surface area contributed by atoms with Gasteiger partial charge in [-0.25, -0.2) is 4.79 Å². The summed E-state index contributed by atoms with van der Waals surface area (Å²) in [5.41, 5.74) is 3.26. The molecule has 0 saturated carbocycles. The van der Waals surface area contributed by atoms with Gasteiger partial charge >= 0.3 is 5.97 Å². The number of benzene rings is 2. The van der Waals surface area contributed by atoms with Gasteiger partial charge in [0.25, 0.3) is 0 Å². The Morgan fingerprint density at radius 3 is 2.30 bits per heavy atom. The number of aromatic nitrogens is 2. The van der Waals surface area contributed by atoms with Crippen molar-refractivity contribution < 1.29 is 9.90 Å². The lowest BCUT2D eigenvalue weighted by atomic mass is 9.97. The number of hydrogen-bond donors (Lipinski definition) is 2. The maximum absolute atomic E-state index is 11.6. The second-order valence-electron chi connectivity index (χ2n) is 5.38. The maximum Gasteiger partial charge on any atom is 0.354 e. The van der Waals surface area contributed by atoms with E-state index in [1.54, 1.807) is 4.57 Å². The number of nitrogens with zero attached hydrogens (tertiary/aromatic N) is 1. The molecule has 2 aromatic carbocycles. The molecule has 0 radical (unpaired) electrons. The van der Waals surface area contributed by atoms with Crippen molar-refractivity contribution in [2.24, 2.45) is 0 Å². The van der Waals surface area contributed by atoms with Crippen LogP contribution in [0, 0.1) is 11.7 Å². The molecule has 0 aliphatic heterocycles. The summed E-state index contributed by atoms with van der Waals surface area (Å²) in [6.45, 7) is 2.02. The van der Waals surface area contributed by atoms with Crippen molar-refractivity contribution in [2.75, 3.05) is 0 Å². The van der Waals surface area contributed by atoms with Crippen LogP contribution < -0.4 is 0 Å². The Balaban J connectivity index is 2.25. The van der Waals surface area contributed by atoms with E-state index in [0.717, 1.165) is 16.7 Å². The van der Waals surface area contributed by atoms with Crippen LogP contribution in [0.2, 0.25) is 0 Å². The molecule has 0 bridgehead atoms. The van der Waals surface area contributed by atoms with E-state index in [4.69, 9.17) is 12.2 Å². The predicted octanol–water partition coefficient (Wildman–Crippen LogP) is 4.19. The predicted molar refractivity (Wildman–Crippen MR) is 91.4 cm³/mol. The molecule has 3 rings (SSSR count). The number of hydrogen-bond acceptors (Lipinski definition) is 2. The molecule has 0 spiro atoms. The Kier molecular flexibility index (Phi) is 4.12. The zero-order chi connectivity index (χ0) is 16.4. The minimum Gasteiger partial charge on any atom is -0.477 e. The molecule has 2 N–H and O–H groups in total. The molecule has 116 valence electrons. The Morgan fingerprint density at radius 2 is 1.70 bits per heavy atom. The highest BCUT2D eigenvalue weighted by Crippen LogP contribution is 2.28. The summed E-state index contributed by atoms with van der Waals surface area (Å²) in [4.78, 5) is 14.4. The largest absolute Gasteiger partial charge is 0.477 e. The van der Waals surface area contributed by atoms with E-state index in [1.807, 2.05) is 61.5 Å². The van der Waals surface area contributed by atoms with E-state index < -0.39 is 5.97 Å². The molecular weight excluding hydrogens is 308 g/mol. The van der Waals surface area contributed by atoms with E-state index >= 15 is 0 Å². The maximum atomic E-state index is 11.6. The fourth-order valence-corrected chi connectivity index (χ4v) is 2.94. The van der Waals surface area contributed by atoms with E-state index in [1.165, 1.54) is 6.20 Å². The van der Waals surface area contributed by atoms with Crippen LogP contribution in [0.25, 0.3) is 0 Å². The zero-order valence-electron chi connectivity index (χ0n) is 12.6. The van der Waals surface area contributed by atoms with E-state index in [-0.39, 0.29) is 11.7 Å². The Hall–Kier alpha value is -2.66. The van der Waals surface area contributed by atoms with Crippen LogP contribution in [0.3, 0.4) is 0 Å². The third-order valence-electron chi connectivity index (χ3n) is 3.80. The second kappa shape index (κ2) is 6.22. The number of imidazole rings is 1. The van der Waals surface area contributed by atoms with Crippen molar-refractivity contribution in [1.29, 1.82) is 0 Å². The quantitative estimate of drug-likeness (QED) is 0.708. The minimum atomic E-state index is -1.01. The van der Waals surface area contributed by atoms with Gasteiger partial charge in [-0.2, -0.15) is 0 Å². The first-order chi connectivity index (χ1) is 11.1. The van der Waals surface area contributed by atoms with Crippen molar-refractivity contribution in [1.82, 2.24) is 9.55 Å². The molecule has 1 heterocycles. The van der Waals surface area contributed by atoms with Gasteiger partial charge in [0.05, 0.1) is 6.04 Å². The molecule has 4 nitrogen and oxygen atoms in total. The highest BCUT2D eigenvalue weighted by molar-refractivity contribution is 7.71. The molecule has 5 heteroatoms. The fraction of sp³-hybridized carbons (Fsp3) is 0.111. The normalized spacial score (nSPS) is 12.0. The van der Waals surface area contributed by atoms with E-state index in [2.05, 4.69) is 4.98 Å². The van der Waals surface area contributed by atoms with Crippen LogP contribution in [0.15, 0.2) is 60.8 Å². The highest BCUT2D eigenvalue weighted by atomic mass is 32.1. The monoisotopic (exact) mass is 324 g/mol. The first-order valence-electron chi connectivity index (χ1n) is 7.22. The summed E-state index contributed by atoms with van der Waals surface area (Å²) < 4.78 is 2.04. The lowest BCUT2D eigenvalue weighted by Gasteiger charge is -2.21. The first kappa shape index (κ1) is 15.2. The number of carboxylic acid groups (broad SMARTS) is 1. The Bertz CT molecular complexity index is 879. The summed E-state index contributed by atoms with van der Waals surface area (Å²) >= 11 is 5.34. The van der Waals surface area contributed by atoms with Gasteiger partial charge in [-0.15, -0.1) is 0 Å². The minimum absolute atomic E-state index is 0.143. The van der Waals surface area contributed by atoms with Gasteiger partial charge in [0.2, 0.25) is 0 Å². The summed E-state index contributed by atoms with van der Waals surface area (Å²) in [7, 11) is 0. The number of H-pyrrole nitrogens is 1. The van der Waals surface area contributed by atoms with Gasteiger partial charge in [0, 0.05) is 6.20 Å². The number of aromatic amines is 1. The molecule has 1 aromatic heterocycles. The van der Waals surface area contributed by atoms with Gasteiger partial charge in [0.15, 0.2) is 4.77 Å². The summed E-state index contributed by atoms with van der Waals surface area (Å²) in [6, 6.07) is 17.5. The van der Waals surface area contributed by atoms with Crippen LogP contribution in [-0.2, 0) is 0 Å². The molecule has 0 aliphatic carbocycles. The van der Waals surface area contributed by atoms with E-state index in [0.29, 0.717) is 4.77 Å². The fourth-order valence-electron chi connectivity index (χ4n) is 2.67. The number of nitrogens with one attached hydrogen (secondary N) is 1. The molecule has 23 heavy (non-hydrogen) atoms. The second-order valence-corrected chi connectivity index (χ2v) is 5.76. The highest BCUT2D eigenvalue weighted by Gasteiger charge is 2.22. The smallest absolute Gasteiger partial charge is 0.354 e. The van der Waals surface area contributed by atoms with Gasteiger partial charge < -0.3 is 10.1 Å². The molecule has 0 amide bonds. The Morgan fingerprint density at radius 1 is 1.09 bits per heavy atom. The van der Waals surface area contributed by atoms with Gasteiger partial charge in [-0.1, -0.05) is 60.2 Å². The summed E-state index contributed by atoms with van der Waals surface area (Å²) in [6.07, 6.45) is 1.44. The Labute approximate surface area is 139 Å². The molecule has 0 aliphatic rings. The van der Waals surface area contributed by atoms with Crippen LogP contribution >= 0.6 is 12.2 Å². The topological polar surface area (TPSA) is 58.0 Å². The molecule has 1 unspecified atom stereocenters. The van der Waals surface area contributed by atoms with Crippen molar-refractivity contribution in [2.45, 2.75) is 13.0 Å². The summed E-state index contributed by atoms with van der Waals surface area (Å²) in [5.74, 6) is -1.01. The third-order valence-corrected chi connectivity index (χ3v) is 4.11. The molecular formula is C18H16N2O2S. The third kappa shape index (κ3) is 2.96. The average Bonchev–Trinajstić information content (AvgIpc) is 2.93. The average molecular weight is 324 g/mol. The van der Waals surface area contributed by atoms with Crippen molar-refractivity contribution in [3.05, 3.63) is 87.9 Å². The van der Waals surface area contributed by atoms with Gasteiger partial charge in [-0.05, 0) is 30.3 Å². The van der Waals surface area contributed by atoms with E-state index in [9.17, 15) is 9.90 Å². The number of carbonyl (C=O) groups is 1. The number of rotatable bonds is 4. The lowest BCUT2D eigenvalue weighted by Crippen LogP contribution is -2.17. The molecule has 0 fully saturated rings. The van der Waals surface area contributed by atoms with Crippen molar-refractivity contribution in [3.8, 4) is 0 Å². The van der Waals surface area contributed by atoms with Crippen LogP contribution in [0.1, 0.15) is 33.2 Å². The van der Waals surface area contributed by atoms with Crippen LogP contribution in [0.4, 0.5) is 0 Å².